The van der Waals surface area contributed by atoms with Gasteiger partial charge in [-0.1, -0.05) is 20.8 Å². The van der Waals surface area contributed by atoms with E-state index in [1.165, 1.54) is 0 Å². The summed E-state index contributed by atoms with van der Waals surface area (Å²) in [6.45, 7) is 7.64. The fourth-order valence-corrected chi connectivity index (χ4v) is 1.63. The molecule has 0 saturated carbocycles. The summed E-state index contributed by atoms with van der Waals surface area (Å²) < 4.78 is 0. The molecule has 0 saturated heterocycles. The Morgan fingerprint density at radius 1 is 1.31 bits per heavy atom. The lowest BCUT2D eigenvalue weighted by Gasteiger charge is -2.21. The second kappa shape index (κ2) is 6.14. The number of carbonyl (C=O) groups excluding carboxylic acids is 1. The Balaban J connectivity index is 4.00. The van der Waals surface area contributed by atoms with Crippen LogP contribution in [0.2, 0.25) is 0 Å². The Morgan fingerprint density at radius 3 is 2.15 bits per heavy atom. The predicted octanol–water partition coefficient (Wildman–Crippen LogP) is 2.40. The van der Waals surface area contributed by atoms with Gasteiger partial charge in [0.25, 0.3) is 0 Å². The largest absolute Gasteiger partial charge is 0.393 e. The molecule has 0 amide bonds. The van der Waals surface area contributed by atoms with Crippen molar-refractivity contribution in [3.05, 3.63) is 0 Å². The summed E-state index contributed by atoms with van der Waals surface area (Å²) in [6, 6.07) is 0. The number of hydrogen-bond donors (Lipinski definition) is 1. The van der Waals surface area contributed by atoms with Crippen molar-refractivity contribution in [1.29, 1.82) is 0 Å². The molecule has 0 bridgehead atoms. The van der Waals surface area contributed by atoms with Crippen LogP contribution in [0.1, 0.15) is 47.0 Å². The molecule has 0 aliphatic rings. The van der Waals surface area contributed by atoms with E-state index in [4.69, 9.17) is 0 Å². The number of hydrogen-bond acceptors (Lipinski definition) is 2. The van der Waals surface area contributed by atoms with Gasteiger partial charge in [-0.3, -0.25) is 4.79 Å². The minimum absolute atomic E-state index is 0.135. The standard InChI is InChI=1S/C11H22O2/c1-5-10(9(4)12)7-8(3)11(13)6-2/h8,10-11,13H,5-7H2,1-4H3. The van der Waals surface area contributed by atoms with Crippen molar-refractivity contribution in [2.24, 2.45) is 11.8 Å². The maximum atomic E-state index is 11.1. The average molecular weight is 186 g/mol. The van der Waals surface area contributed by atoms with E-state index in [1.807, 2.05) is 20.8 Å². The molecular weight excluding hydrogens is 164 g/mol. The summed E-state index contributed by atoms with van der Waals surface area (Å²) in [6.07, 6.45) is 2.22. The molecule has 2 nitrogen and oxygen atoms in total. The number of aliphatic hydroxyl groups excluding tert-OH is 1. The Kier molecular flexibility index (Phi) is 5.97. The SMILES string of the molecule is CCC(CC(C)C(O)CC)C(C)=O. The molecule has 0 aliphatic heterocycles. The minimum atomic E-state index is -0.256. The number of carbonyl (C=O) groups is 1. The fourth-order valence-electron chi connectivity index (χ4n) is 1.63. The van der Waals surface area contributed by atoms with E-state index in [0.717, 1.165) is 19.3 Å². The maximum Gasteiger partial charge on any atom is 0.132 e. The van der Waals surface area contributed by atoms with Crippen molar-refractivity contribution < 1.29 is 9.90 Å². The summed E-state index contributed by atoms with van der Waals surface area (Å²) in [5.74, 6) is 0.618. The lowest BCUT2D eigenvalue weighted by molar-refractivity contribution is -0.121. The van der Waals surface area contributed by atoms with E-state index in [-0.39, 0.29) is 23.7 Å². The van der Waals surface area contributed by atoms with Gasteiger partial charge in [-0.05, 0) is 32.1 Å². The van der Waals surface area contributed by atoms with Crippen LogP contribution in [-0.4, -0.2) is 17.0 Å². The number of aliphatic hydroxyl groups is 1. The second-order valence-electron chi connectivity index (χ2n) is 3.90. The van der Waals surface area contributed by atoms with Crippen LogP contribution in [0.25, 0.3) is 0 Å². The Labute approximate surface area is 81.3 Å². The normalized spacial score (nSPS) is 17.9. The number of Topliss-reactive ketones (excluding diaryl/α,β-unsaturated/α-hetero) is 1. The van der Waals surface area contributed by atoms with Gasteiger partial charge in [-0.2, -0.15) is 0 Å². The number of rotatable bonds is 6. The molecular formula is C11H22O2. The van der Waals surface area contributed by atoms with E-state index in [2.05, 4.69) is 0 Å². The first kappa shape index (κ1) is 12.6. The highest BCUT2D eigenvalue weighted by atomic mass is 16.3. The molecule has 0 aromatic carbocycles. The van der Waals surface area contributed by atoms with Crippen LogP contribution in [0.4, 0.5) is 0 Å². The lowest BCUT2D eigenvalue weighted by Crippen LogP contribution is -2.22. The first-order valence-corrected chi connectivity index (χ1v) is 5.21. The second-order valence-corrected chi connectivity index (χ2v) is 3.90. The quantitative estimate of drug-likeness (QED) is 0.691. The molecule has 0 spiro atoms. The lowest BCUT2D eigenvalue weighted by atomic mass is 9.87. The van der Waals surface area contributed by atoms with E-state index in [0.29, 0.717) is 0 Å². The molecule has 2 heteroatoms. The highest BCUT2D eigenvalue weighted by Gasteiger charge is 2.19. The zero-order valence-corrected chi connectivity index (χ0v) is 9.21. The average Bonchev–Trinajstić information content (AvgIpc) is 2.11. The van der Waals surface area contributed by atoms with Gasteiger partial charge in [0.1, 0.15) is 5.78 Å². The zero-order valence-electron chi connectivity index (χ0n) is 9.21. The van der Waals surface area contributed by atoms with Crippen LogP contribution in [0, 0.1) is 11.8 Å². The van der Waals surface area contributed by atoms with Crippen LogP contribution < -0.4 is 0 Å². The summed E-state index contributed by atoms with van der Waals surface area (Å²) in [5.41, 5.74) is 0. The first-order valence-electron chi connectivity index (χ1n) is 5.21. The highest BCUT2D eigenvalue weighted by molar-refractivity contribution is 5.78. The maximum absolute atomic E-state index is 11.1. The van der Waals surface area contributed by atoms with Crippen LogP contribution in [0.15, 0.2) is 0 Å². The third kappa shape index (κ3) is 4.41. The van der Waals surface area contributed by atoms with Gasteiger partial charge in [0.05, 0.1) is 6.10 Å². The van der Waals surface area contributed by atoms with Crippen LogP contribution in [0.3, 0.4) is 0 Å². The summed E-state index contributed by atoms with van der Waals surface area (Å²) in [4.78, 5) is 11.1. The number of ketones is 1. The van der Waals surface area contributed by atoms with E-state index in [9.17, 15) is 9.90 Å². The molecule has 0 radical (unpaired) electrons. The smallest absolute Gasteiger partial charge is 0.132 e. The van der Waals surface area contributed by atoms with Gasteiger partial charge in [-0.25, -0.2) is 0 Å². The molecule has 13 heavy (non-hydrogen) atoms. The molecule has 0 aromatic rings. The Bertz CT molecular complexity index is 154. The predicted molar refractivity (Wildman–Crippen MR) is 54.5 cm³/mol. The van der Waals surface area contributed by atoms with Gasteiger partial charge in [0.15, 0.2) is 0 Å². The molecule has 0 heterocycles. The molecule has 3 unspecified atom stereocenters. The van der Waals surface area contributed by atoms with E-state index >= 15 is 0 Å². The molecule has 0 rings (SSSR count). The Hall–Kier alpha value is -0.370. The topological polar surface area (TPSA) is 37.3 Å². The van der Waals surface area contributed by atoms with Crippen molar-refractivity contribution in [2.45, 2.75) is 53.1 Å². The van der Waals surface area contributed by atoms with Gasteiger partial charge in [-0.15, -0.1) is 0 Å². The van der Waals surface area contributed by atoms with Crippen molar-refractivity contribution in [1.82, 2.24) is 0 Å². The monoisotopic (exact) mass is 186 g/mol. The minimum Gasteiger partial charge on any atom is -0.393 e. The Morgan fingerprint density at radius 2 is 1.85 bits per heavy atom. The van der Waals surface area contributed by atoms with Gasteiger partial charge < -0.3 is 5.11 Å². The third-order valence-electron chi connectivity index (χ3n) is 2.80. The summed E-state index contributed by atoms with van der Waals surface area (Å²) in [7, 11) is 0. The van der Waals surface area contributed by atoms with Crippen molar-refractivity contribution in [2.75, 3.05) is 0 Å². The van der Waals surface area contributed by atoms with Gasteiger partial charge in [0, 0.05) is 5.92 Å². The third-order valence-corrected chi connectivity index (χ3v) is 2.80. The molecule has 0 aromatic heterocycles. The summed E-state index contributed by atoms with van der Waals surface area (Å²) >= 11 is 0. The zero-order chi connectivity index (χ0) is 10.4. The van der Waals surface area contributed by atoms with Gasteiger partial charge >= 0.3 is 0 Å². The summed E-state index contributed by atoms with van der Waals surface area (Å²) in [5, 5.41) is 9.54. The first-order chi connectivity index (χ1) is 6.02. The van der Waals surface area contributed by atoms with Crippen LogP contribution in [0.5, 0.6) is 0 Å². The molecule has 0 aliphatic carbocycles. The van der Waals surface area contributed by atoms with Crippen molar-refractivity contribution in [3.8, 4) is 0 Å². The molecule has 1 N–H and O–H groups in total. The molecule has 0 fully saturated rings. The van der Waals surface area contributed by atoms with E-state index in [1.54, 1.807) is 6.92 Å². The van der Waals surface area contributed by atoms with Gasteiger partial charge in [0.2, 0.25) is 0 Å². The molecule has 78 valence electrons. The van der Waals surface area contributed by atoms with Crippen molar-refractivity contribution >= 4 is 5.78 Å². The van der Waals surface area contributed by atoms with Crippen LogP contribution >= 0.6 is 0 Å². The molecule has 3 atom stereocenters. The van der Waals surface area contributed by atoms with E-state index < -0.39 is 0 Å². The van der Waals surface area contributed by atoms with Crippen molar-refractivity contribution in [3.63, 3.8) is 0 Å². The highest BCUT2D eigenvalue weighted by Crippen LogP contribution is 2.20. The van der Waals surface area contributed by atoms with Crippen LogP contribution in [-0.2, 0) is 4.79 Å². The fraction of sp³-hybridized carbons (Fsp3) is 0.909.